The van der Waals surface area contributed by atoms with E-state index in [-0.39, 0.29) is 22.6 Å². The molecule has 0 bridgehead atoms. The highest BCUT2D eigenvalue weighted by Crippen LogP contribution is 2.43. The fourth-order valence-electron chi connectivity index (χ4n) is 4.06. The second-order valence-electron chi connectivity index (χ2n) is 8.44. The van der Waals surface area contributed by atoms with Gasteiger partial charge in [-0.05, 0) is 58.4 Å². The molecule has 1 aliphatic heterocycles. The first-order chi connectivity index (χ1) is 11.1. The molecule has 0 amide bonds. The Balaban J connectivity index is 2.55. The van der Waals surface area contributed by atoms with E-state index in [0.29, 0.717) is 0 Å². The molecule has 1 saturated heterocycles. The zero-order valence-corrected chi connectivity index (χ0v) is 16.3. The van der Waals surface area contributed by atoms with Gasteiger partial charge < -0.3 is 9.90 Å². The molecule has 0 aromatic carbocycles. The van der Waals surface area contributed by atoms with Crippen molar-refractivity contribution in [2.75, 3.05) is 6.61 Å². The zero-order valence-electron chi connectivity index (χ0n) is 16.3. The second-order valence-corrected chi connectivity index (χ2v) is 8.44. The molecule has 1 rings (SSSR count). The molecular weight excluding hydrogens is 302 g/mol. The maximum absolute atomic E-state index is 11.2. The van der Waals surface area contributed by atoms with Crippen molar-refractivity contribution in [3.8, 4) is 0 Å². The monoisotopic (exact) mass is 338 g/mol. The molecule has 1 heterocycles. The molecule has 4 nitrogen and oxygen atoms in total. The Kier molecular flexibility index (Phi) is 7.94. The molecule has 0 aromatic rings. The lowest BCUT2D eigenvalue weighted by atomic mass is 9.72. The molecule has 0 N–H and O–H groups in total. The van der Waals surface area contributed by atoms with E-state index in [1.807, 2.05) is 0 Å². The average molecular weight is 339 g/mol. The van der Waals surface area contributed by atoms with Gasteiger partial charge in [0.2, 0.25) is 0 Å². The Bertz CT molecular complexity index is 411. The van der Waals surface area contributed by atoms with Crippen molar-refractivity contribution in [2.24, 2.45) is 5.92 Å². The number of carbonyl (C=O) groups excluding carboxylic acids is 1. The maximum Gasteiger partial charge on any atom is 0.0685 e. The van der Waals surface area contributed by atoms with Gasteiger partial charge in [0.1, 0.15) is 0 Å². The van der Waals surface area contributed by atoms with Crippen molar-refractivity contribution in [1.29, 1.82) is 0 Å². The Morgan fingerprint density at radius 1 is 1.08 bits per heavy atom. The van der Waals surface area contributed by atoms with Crippen LogP contribution in [0.1, 0.15) is 86.0 Å². The number of rotatable bonds is 10. The number of hydrogen-bond acceptors (Lipinski definition) is 4. The molecule has 0 aromatic heterocycles. The molecule has 0 unspecified atom stereocenters. The lowest BCUT2D eigenvalue weighted by molar-refractivity contribution is -0.303. The fourth-order valence-corrected chi connectivity index (χ4v) is 4.06. The zero-order chi connectivity index (χ0) is 18.4. The predicted octanol–water partition coefficient (Wildman–Crippen LogP) is 3.85. The van der Waals surface area contributed by atoms with E-state index < -0.39 is 5.97 Å². The molecule has 140 valence electrons. The molecule has 1 aliphatic rings. The molecule has 0 atom stereocenters. The number of unbranched alkanes of at least 4 members (excludes halogenated alkanes) is 5. The highest BCUT2D eigenvalue weighted by Gasteiger charge is 2.47. The first-order valence-corrected chi connectivity index (χ1v) is 9.45. The lowest BCUT2D eigenvalue weighted by Crippen LogP contribution is -2.61. The summed E-state index contributed by atoms with van der Waals surface area (Å²) in [5.74, 6) is -1.19. The van der Waals surface area contributed by atoms with Gasteiger partial charge in [0, 0.05) is 11.1 Å². The van der Waals surface area contributed by atoms with Gasteiger partial charge in [-0.1, -0.05) is 45.6 Å². The highest BCUT2D eigenvalue weighted by atomic mass is 16.7. The van der Waals surface area contributed by atoms with Gasteiger partial charge in [-0.3, -0.25) is 4.84 Å². The van der Waals surface area contributed by atoms with Crippen molar-refractivity contribution in [3.63, 3.8) is 0 Å². The van der Waals surface area contributed by atoms with Crippen molar-refractivity contribution < 1.29 is 14.7 Å². The molecule has 24 heavy (non-hydrogen) atoms. The normalized spacial score (nSPS) is 20.9. The molecule has 0 radical (unpaired) electrons. The van der Waals surface area contributed by atoms with Crippen LogP contribution in [-0.2, 0) is 9.63 Å². The first-order valence-electron chi connectivity index (χ1n) is 9.45. The number of hydrogen-bond donors (Lipinski definition) is 0. The Morgan fingerprint density at radius 3 is 2.08 bits per heavy atom. The SMILES string of the molecule is C=C(C(=O)[O-])C1CC(C)(C)N(OCCCCCCCC)C(C)(C)C1. The Hall–Kier alpha value is -0.870. The van der Waals surface area contributed by atoms with Crippen LogP contribution in [0.2, 0.25) is 0 Å². The van der Waals surface area contributed by atoms with Crippen molar-refractivity contribution in [3.05, 3.63) is 12.2 Å². The quantitative estimate of drug-likeness (QED) is 0.448. The number of piperidine rings is 1. The van der Waals surface area contributed by atoms with Gasteiger partial charge in [0.25, 0.3) is 0 Å². The average Bonchev–Trinajstić information content (AvgIpc) is 2.46. The molecule has 1 fully saturated rings. The summed E-state index contributed by atoms with van der Waals surface area (Å²) in [5.41, 5.74) is -0.244. The fraction of sp³-hybridized carbons (Fsp3) is 0.850. The summed E-state index contributed by atoms with van der Waals surface area (Å²) in [7, 11) is 0. The number of hydroxylamine groups is 2. The van der Waals surface area contributed by atoms with Crippen LogP contribution >= 0.6 is 0 Å². The van der Waals surface area contributed by atoms with E-state index in [2.05, 4.69) is 46.3 Å². The molecule has 0 aliphatic carbocycles. The summed E-state index contributed by atoms with van der Waals surface area (Å²) in [4.78, 5) is 17.3. The molecular formula is C20H36NO3-. The second kappa shape index (κ2) is 9.00. The number of nitrogens with zero attached hydrogens (tertiary/aromatic N) is 1. The third kappa shape index (κ3) is 5.89. The van der Waals surface area contributed by atoms with Crippen LogP contribution in [0.25, 0.3) is 0 Å². The van der Waals surface area contributed by atoms with Crippen LogP contribution < -0.4 is 5.11 Å². The van der Waals surface area contributed by atoms with E-state index in [9.17, 15) is 9.90 Å². The van der Waals surface area contributed by atoms with Crippen LogP contribution in [0, 0.1) is 5.92 Å². The summed E-state index contributed by atoms with van der Waals surface area (Å²) in [6.07, 6.45) is 8.89. The maximum atomic E-state index is 11.2. The summed E-state index contributed by atoms with van der Waals surface area (Å²) in [5, 5.41) is 13.3. The van der Waals surface area contributed by atoms with Crippen LogP contribution in [0.3, 0.4) is 0 Å². The van der Waals surface area contributed by atoms with Gasteiger partial charge in [0.15, 0.2) is 0 Å². The Labute approximate surface area is 148 Å². The summed E-state index contributed by atoms with van der Waals surface area (Å²) in [6, 6.07) is 0. The molecule has 0 spiro atoms. The number of aliphatic carboxylic acids is 1. The van der Waals surface area contributed by atoms with E-state index in [0.717, 1.165) is 25.9 Å². The minimum absolute atomic E-state index is 0.0612. The Morgan fingerprint density at radius 2 is 1.58 bits per heavy atom. The largest absolute Gasteiger partial charge is 0.545 e. The van der Waals surface area contributed by atoms with Gasteiger partial charge in [-0.15, -0.1) is 0 Å². The van der Waals surface area contributed by atoms with Crippen molar-refractivity contribution >= 4 is 5.97 Å². The van der Waals surface area contributed by atoms with Crippen molar-refractivity contribution in [2.45, 2.75) is 97.1 Å². The van der Waals surface area contributed by atoms with Gasteiger partial charge in [-0.2, -0.15) is 5.06 Å². The van der Waals surface area contributed by atoms with Gasteiger partial charge >= 0.3 is 0 Å². The summed E-state index contributed by atoms with van der Waals surface area (Å²) in [6.45, 7) is 15.1. The van der Waals surface area contributed by atoms with Crippen LogP contribution in [0.5, 0.6) is 0 Å². The first kappa shape index (κ1) is 21.2. The molecule has 4 heteroatoms. The number of carboxylic acid groups (broad SMARTS) is 1. The van der Waals surface area contributed by atoms with Crippen molar-refractivity contribution in [1.82, 2.24) is 5.06 Å². The van der Waals surface area contributed by atoms with Crippen LogP contribution in [0.4, 0.5) is 0 Å². The predicted molar refractivity (Wildman–Crippen MR) is 96.2 cm³/mol. The standard InChI is InChI=1S/C20H37NO3/c1-7-8-9-10-11-12-13-24-21-19(3,4)14-17(15-20(21,5)6)16(2)18(22)23/h17H,2,7-15H2,1,3-6H3,(H,22,23)/p-1. The third-order valence-corrected chi connectivity index (χ3v) is 5.06. The van der Waals surface area contributed by atoms with Crippen LogP contribution in [-0.4, -0.2) is 28.7 Å². The smallest absolute Gasteiger partial charge is 0.0685 e. The van der Waals surface area contributed by atoms with Gasteiger partial charge in [0.05, 0.1) is 12.6 Å². The minimum Gasteiger partial charge on any atom is -0.545 e. The van der Waals surface area contributed by atoms with E-state index >= 15 is 0 Å². The lowest BCUT2D eigenvalue weighted by Gasteiger charge is -2.54. The number of carboxylic acids is 1. The van der Waals surface area contributed by atoms with Gasteiger partial charge in [-0.25, -0.2) is 0 Å². The topological polar surface area (TPSA) is 52.6 Å². The van der Waals surface area contributed by atoms with E-state index in [1.54, 1.807) is 0 Å². The van der Waals surface area contributed by atoms with E-state index in [4.69, 9.17) is 4.84 Å². The molecule has 0 saturated carbocycles. The highest BCUT2D eigenvalue weighted by molar-refractivity contribution is 5.84. The van der Waals surface area contributed by atoms with E-state index in [1.165, 1.54) is 32.1 Å². The minimum atomic E-state index is -1.13. The van der Waals surface area contributed by atoms with Crippen LogP contribution in [0.15, 0.2) is 12.2 Å². The third-order valence-electron chi connectivity index (χ3n) is 5.06. The summed E-state index contributed by atoms with van der Waals surface area (Å²) >= 11 is 0. The summed E-state index contributed by atoms with van der Waals surface area (Å²) < 4.78 is 0. The number of carbonyl (C=O) groups is 1.